The summed E-state index contributed by atoms with van der Waals surface area (Å²) >= 11 is 1.68. The van der Waals surface area contributed by atoms with Crippen molar-refractivity contribution in [3.63, 3.8) is 0 Å². The van der Waals surface area contributed by atoms with E-state index in [2.05, 4.69) is 6.07 Å². The van der Waals surface area contributed by atoms with Gasteiger partial charge in [0.2, 0.25) is 0 Å². The van der Waals surface area contributed by atoms with Crippen LogP contribution < -0.4 is 0 Å². The van der Waals surface area contributed by atoms with Crippen molar-refractivity contribution in [3.05, 3.63) is 21.4 Å². The molecule has 1 aliphatic rings. The Bertz CT molecular complexity index is 404. The van der Waals surface area contributed by atoms with E-state index in [0.717, 1.165) is 17.7 Å². The molecule has 1 aromatic rings. The molecule has 0 aliphatic heterocycles. The van der Waals surface area contributed by atoms with Crippen molar-refractivity contribution in [1.82, 2.24) is 4.90 Å². The SMILES string of the molecule is CCN(CCCO)C(=O)c1cc2c(s1)CCCCC2. The lowest BCUT2D eigenvalue weighted by atomic mass is 10.1. The Morgan fingerprint density at radius 1 is 1.37 bits per heavy atom. The fourth-order valence-electron chi connectivity index (χ4n) is 2.59. The molecule has 0 fully saturated rings. The van der Waals surface area contributed by atoms with E-state index in [0.29, 0.717) is 19.5 Å². The molecular formula is C15H23NO2S. The third-order valence-corrected chi connectivity index (χ3v) is 4.94. The predicted octanol–water partition coefficient (Wildman–Crippen LogP) is 2.86. The molecule has 1 aliphatic carbocycles. The molecule has 2 rings (SSSR count). The van der Waals surface area contributed by atoms with E-state index < -0.39 is 0 Å². The van der Waals surface area contributed by atoms with Gasteiger partial charge in [-0.25, -0.2) is 0 Å². The summed E-state index contributed by atoms with van der Waals surface area (Å²) in [6.45, 7) is 3.49. The van der Waals surface area contributed by atoms with E-state index in [1.807, 2.05) is 11.8 Å². The van der Waals surface area contributed by atoms with Crippen LogP contribution in [0.4, 0.5) is 0 Å². The van der Waals surface area contributed by atoms with Crippen molar-refractivity contribution >= 4 is 17.2 Å². The lowest BCUT2D eigenvalue weighted by Crippen LogP contribution is -2.31. The summed E-state index contributed by atoms with van der Waals surface area (Å²) < 4.78 is 0. The number of aliphatic hydroxyl groups excluding tert-OH is 1. The van der Waals surface area contributed by atoms with Crippen LogP contribution in [0.3, 0.4) is 0 Å². The molecule has 1 aromatic heterocycles. The molecule has 1 heterocycles. The van der Waals surface area contributed by atoms with Crippen LogP contribution in [0.5, 0.6) is 0 Å². The summed E-state index contributed by atoms with van der Waals surface area (Å²) in [6, 6.07) is 2.11. The van der Waals surface area contributed by atoms with Crippen LogP contribution in [0.25, 0.3) is 0 Å². The first kappa shape index (κ1) is 14.5. The summed E-state index contributed by atoms with van der Waals surface area (Å²) in [5, 5.41) is 8.89. The Labute approximate surface area is 119 Å². The average Bonchev–Trinajstić information content (AvgIpc) is 2.71. The van der Waals surface area contributed by atoms with Crippen molar-refractivity contribution < 1.29 is 9.90 Å². The maximum absolute atomic E-state index is 12.4. The zero-order valence-electron chi connectivity index (χ0n) is 11.7. The van der Waals surface area contributed by atoms with Crippen LogP contribution in [0, 0.1) is 0 Å². The maximum atomic E-state index is 12.4. The molecule has 1 N–H and O–H groups in total. The van der Waals surface area contributed by atoms with Gasteiger partial charge in [0.1, 0.15) is 0 Å². The van der Waals surface area contributed by atoms with Gasteiger partial charge in [0.05, 0.1) is 4.88 Å². The van der Waals surface area contributed by atoms with Crippen LogP contribution in [-0.2, 0) is 12.8 Å². The molecule has 106 valence electrons. The largest absolute Gasteiger partial charge is 0.396 e. The van der Waals surface area contributed by atoms with Gasteiger partial charge in [-0.3, -0.25) is 4.79 Å². The predicted molar refractivity (Wildman–Crippen MR) is 78.9 cm³/mol. The van der Waals surface area contributed by atoms with Crippen molar-refractivity contribution in [2.75, 3.05) is 19.7 Å². The second kappa shape index (κ2) is 7.06. The molecule has 1 amide bonds. The molecule has 3 nitrogen and oxygen atoms in total. The summed E-state index contributed by atoms with van der Waals surface area (Å²) in [5.74, 6) is 0.133. The first-order chi connectivity index (χ1) is 9.26. The number of carbonyl (C=O) groups excluding carboxylic acids is 1. The Hall–Kier alpha value is -0.870. The minimum atomic E-state index is 0.133. The quantitative estimate of drug-likeness (QED) is 0.843. The first-order valence-electron chi connectivity index (χ1n) is 7.28. The van der Waals surface area contributed by atoms with Crippen LogP contribution in [0.2, 0.25) is 0 Å². The number of thiophene rings is 1. The Morgan fingerprint density at radius 2 is 2.16 bits per heavy atom. The summed E-state index contributed by atoms with van der Waals surface area (Å²) in [6.07, 6.45) is 6.73. The number of rotatable bonds is 5. The standard InChI is InChI=1S/C15H23NO2S/c1-2-16(9-6-10-17)15(18)14-11-12-7-4-3-5-8-13(12)19-14/h11,17H,2-10H2,1H3. The highest BCUT2D eigenvalue weighted by atomic mass is 32.1. The average molecular weight is 281 g/mol. The third kappa shape index (κ3) is 3.57. The summed E-state index contributed by atoms with van der Waals surface area (Å²) in [4.78, 5) is 16.6. The van der Waals surface area contributed by atoms with Gasteiger partial charge in [-0.1, -0.05) is 6.42 Å². The Balaban J connectivity index is 2.10. The van der Waals surface area contributed by atoms with Gasteiger partial charge in [0, 0.05) is 24.6 Å². The van der Waals surface area contributed by atoms with Gasteiger partial charge in [0.25, 0.3) is 5.91 Å². The van der Waals surface area contributed by atoms with Crippen molar-refractivity contribution in [2.24, 2.45) is 0 Å². The zero-order chi connectivity index (χ0) is 13.7. The van der Waals surface area contributed by atoms with Gasteiger partial charge in [-0.15, -0.1) is 11.3 Å². The highest BCUT2D eigenvalue weighted by Gasteiger charge is 2.19. The lowest BCUT2D eigenvalue weighted by Gasteiger charge is -2.19. The Kier molecular flexibility index (Phi) is 5.40. The van der Waals surface area contributed by atoms with Crippen molar-refractivity contribution in [1.29, 1.82) is 0 Å². The maximum Gasteiger partial charge on any atom is 0.263 e. The second-order valence-electron chi connectivity index (χ2n) is 5.08. The van der Waals surface area contributed by atoms with Gasteiger partial charge in [0.15, 0.2) is 0 Å². The summed E-state index contributed by atoms with van der Waals surface area (Å²) in [7, 11) is 0. The highest BCUT2D eigenvalue weighted by Crippen LogP contribution is 2.29. The van der Waals surface area contributed by atoms with Gasteiger partial charge in [-0.2, -0.15) is 0 Å². The Morgan fingerprint density at radius 3 is 2.89 bits per heavy atom. The minimum Gasteiger partial charge on any atom is -0.396 e. The number of nitrogens with zero attached hydrogens (tertiary/aromatic N) is 1. The number of fused-ring (bicyclic) bond motifs is 1. The number of aryl methyl sites for hydroxylation is 2. The normalized spacial score (nSPS) is 14.8. The molecule has 0 radical (unpaired) electrons. The van der Waals surface area contributed by atoms with Gasteiger partial charge >= 0.3 is 0 Å². The van der Waals surface area contributed by atoms with E-state index in [4.69, 9.17) is 5.11 Å². The minimum absolute atomic E-state index is 0.133. The van der Waals surface area contributed by atoms with Gasteiger partial charge in [-0.05, 0) is 50.7 Å². The number of amides is 1. The molecule has 0 saturated carbocycles. The van der Waals surface area contributed by atoms with Crippen molar-refractivity contribution in [2.45, 2.75) is 45.4 Å². The smallest absolute Gasteiger partial charge is 0.263 e. The topological polar surface area (TPSA) is 40.5 Å². The fraction of sp³-hybridized carbons (Fsp3) is 0.667. The molecule has 0 saturated heterocycles. The third-order valence-electron chi connectivity index (χ3n) is 3.71. The lowest BCUT2D eigenvalue weighted by molar-refractivity contribution is 0.0759. The number of hydrogen-bond donors (Lipinski definition) is 1. The molecule has 0 atom stereocenters. The number of hydrogen-bond acceptors (Lipinski definition) is 3. The molecular weight excluding hydrogens is 258 g/mol. The molecule has 0 unspecified atom stereocenters. The van der Waals surface area contributed by atoms with Crippen LogP contribution in [0.1, 0.15) is 52.7 Å². The van der Waals surface area contributed by atoms with E-state index in [-0.39, 0.29) is 12.5 Å². The second-order valence-corrected chi connectivity index (χ2v) is 6.22. The van der Waals surface area contributed by atoms with E-state index >= 15 is 0 Å². The molecule has 4 heteroatoms. The van der Waals surface area contributed by atoms with Crippen LogP contribution in [-0.4, -0.2) is 35.6 Å². The molecule has 0 spiro atoms. The summed E-state index contributed by atoms with van der Waals surface area (Å²) in [5.41, 5.74) is 1.39. The van der Waals surface area contributed by atoms with Crippen molar-refractivity contribution in [3.8, 4) is 0 Å². The monoisotopic (exact) mass is 281 g/mol. The highest BCUT2D eigenvalue weighted by molar-refractivity contribution is 7.14. The van der Waals surface area contributed by atoms with Crippen LogP contribution in [0.15, 0.2) is 6.07 Å². The van der Waals surface area contributed by atoms with Crippen LogP contribution >= 0.6 is 11.3 Å². The van der Waals surface area contributed by atoms with E-state index in [9.17, 15) is 4.79 Å². The molecule has 0 aromatic carbocycles. The zero-order valence-corrected chi connectivity index (χ0v) is 12.5. The molecule has 0 bridgehead atoms. The van der Waals surface area contributed by atoms with E-state index in [1.54, 1.807) is 11.3 Å². The fourth-order valence-corrected chi connectivity index (χ4v) is 3.82. The number of carbonyl (C=O) groups is 1. The van der Waals surface area contributed by atoms with Gasteiger partial charge < -0.3 is 10.0 Å². The number of aliphatic hydroxyl groups is 1. The first-order valence-corrected chi connectivity index (χ1v) is 8.09. The van der Waals surface area contributed by atoms with E-state index in [1.165, 1.54) is 29.7 Å². The molecule has 19 heavy (non-hydrogen) atoms.